The molecule has 0 aliphatic carbocycles. The molecule has 4 nitrogen and oxygen atoms in total. The Morgan fingerprint density at radius 1 is 1.79 bits per heavy atom. The number of nitrogens with one attached hydrogen (secondary N) is 1. The molecule has 0 bridgehead atoms. The van der Waals surface area contributed by atoms with Gasteiger partial charge in [-0.1, -0.05) is 15.9 Å². The maximum absolute atomic E-state index is 11.7. The standard InChI is InChI=1S/C9H12BrN3O/c1-6(10)9(14)13-3-2-7-8(4-13)12-5-11-7/h5-6H,2-4H2,1H3,(H,11,12). The van der Waals surface area contributed by atoms with Gasteiger partial charge in [0, 0.05) is 13.0 Å². The highest BCUT2D eigenvalue weighted by Gasteiger charge is 2.24. The van der Waals surface area contributed by atoms with E-state index in [1.807, 2.05) is 11.8 Å². The largest absolute Gasteiger partial charge is 0.347 e. The first-order valence-corrected chi connectivity index (χ1v) is 5.54. The predicted octanol–water partition coefficient (Wildman–Crippen LogP) is 1.08. The second-order valence-corrected chi connectivity index (χ2v) is 4.83. The van der Waals surface area contributed by atoms with Crippen LogP contribution in [0, 0.1) is 0 Å². The molecule has 0 saturated carbocycles. The zero-order valence-electron chi connectivity index (χ0n) is 7.96. The van der Waals surface area contributed by atoms with Gasteiger partial charge in [-0.3, -0.25) is 4.79 Å². The van der Waals surface area contributed by atoms with Gasteiger partial charge in [0.25, 0.3) is 0 Å². The average Bonchev–Trinajstić information content (AvgIpc) is 2.62. The molecule has 2 rings (SSSR count). The molecular formula is C9H12BrN3O. The summed E-state index contributed by atoms with van der Waals surface area (Å²) in [5, 5.41) is 0. The van der Waals surface area contributed by atoms with Gasteiger partial charge in [0.15, 0.2) is 0 Å². The van der Waals surface area contributed by atoms with Gasteiger partial charge in [-0.05, 0) is 6.92 Å². The number of hydrogen-bond acceptors (Lipinski definition) is 2. The lowest BCUT2D eigenvalue weighted by Gasteiger charge is -2.27. The molecule has 0 fully saturated rings. The molecule has 0 spiro atoms. The Morgan fingerprint density at radius 2 is 2.57 bits per heavy atom. The van der Waals surface area contributed by atoms with Crippen molar-refractivity contribution < 1.29 is 4.79 Å². The van der Waals surface area contributed by atoms with E-state index in [9.17, 15) is 4.79 Å². The molecule has 1 aromatic heterocycles. The predicted molar refractivity (Wildman–Crippen MR) is 56.1 cm³/mol. The molecule has 5 heteroatoms. The van der Waals surface area contributed by atoms with Crippen molar-refractivity contribution in [1.29, 1.82) is 0 Å². The van der Waals surface area contributed by atoms with E-state index in [1.54, 1.807) is 6.33 Å². The molecule has 76 valence electrons. The number of H-pyrrole nitrogens is 1. The van der Waals surface area contributed by atoms with E-state index in [2.05, 4.69) is 25.9 Å². The van der Waals surface area contributed by atoms with E-state index in [1.165, 1.54) is 0 Å². The second-order valence-electron chi connectivity index (χ2n) is 3.45. The molecule has 14 heavy (non-hydrogen) atoms. The van der Waals surface area contributed by atoms with Crippen molar-refractivity contribution in [1.82, 2.24) is 14.9 Å². The molecule has 1 aromatic rings. The van der Waals surface area contributed by atoms with Crippen LogP contribution in [0.25, 0.3) is 0 Å². The Morgan fingerprint density at radius 3 is 3.29 bits per heavy atom. The number of alkyl halides is 1. The lowest BCUT2D eigenvalue weighted by Crippen LogP contribution is -2.39. The Kier molecular flexibility index (Phi) is 2.58. The fraction of sp³-hybridized carbons (Fsp3) is 0.556. The molecule has 1 aliphatic heterocycles. The van der Waals surface area contributed by atoms with Crippen molar-refractivity contribution in [3.05, 3.63) is 17.7 Å². The lowest BCUT2D eigenvalue weighted by atomic mass is 10.1. The van der Waals surface area contributed by atoms with Gasteiger partial charge in [0.2, 0.25) is 5.91 Å². The highest BCUT2D eigenvalue weighted by Crippen LogP contribution is 2.16. The molecular weight excluding hydrogens is 246 g/mol. The van der Waals surface area contributed by atoms with Gasteiger partial charge in [-0.2, -0.15) is 0 Å². The number of aromatic amines is 1. The van der Waals surface area contributed by atoms with E-state index in [4.69, 9.17) is 0 Å². The van der Waals surface area contributed by atoms with Crippen LogP contribution in [-0.4, -0.2) is 32.1 Å². The van der Waals surface area contributed by atoms with Crippen LogP contribution in [0.1, 0.15) is 18.3 Å². The summed E-state index contributed by atoms with van der Waals surface area (Å²) in [4.78, 5) is 20.7. The first-order chi connectivity index (χ1) is 6.68. The van der Waals surface area contributed by atoms with Crippen LogP contribution < -0.4 is 0 Å². The summed E-state index contributed by atoms with van der Waals surface area (Å²) < 4.78 is 0. The van der Waals surface area contributed by atoms with Crippen LogP contribution in [0.5, 0.6) is 0 Å². The highest BCUT2D eigenvalue weighted by atomic mass is 79.9. The quantitative estimate of drug-likeness (QED) is 0.766. The number of aromatic nitrogens is 2. The summed E-state index contributed by atoms with van der Waals surface area (Å²) in [5.74, 6) is 0.144. The van der Waals surface area contributed by atoms with Crippen molar-refractivity contribution in [2.45, 2.75) is 24.7 Å². The zero-order chi connectivity index (χ0) is 10.1. The summed E-state index contributed by atoms with van der Waals surface area (Å²) in [6, 6.07) is 0. The lowest BCUT2D eigenvalue weighted by molar-refractivity contribution is -0.131. The van der Waals surface area contributed by atoms with Gasteiger partial charge < -0.3 is 9.88 Å². The molecule has 1 atom stereocenters. The molecule has 0 radical (unpaired) electrons. The summed E-state index contributed by atoms with van der Waals surface area (Å²) in [7, 11) is 0. The van der Waals surface area contributed by atoms with Crippen LogP contribution >= 0.6 is 15.9 Å². The van der Waals surface area contributed by atoms with Gasteiger partial charge in [-0.25, -0.2) is 4.98 Å². The van der Waals surface area contributed by atoms with Crippen molar-refractivity contribution in [2.75, 3.05) is 6.54 Å². The maximum Gasteiger partial charge on any atom is 0.236 e. The number of carbonyl (C=O) groups excluding carboxylic acids is 1. The third-order valence-corrected chi connectivity index (χ3v) is 2.82. The van der Waals surface area contributed by atoms with Crippen molar-refractivity contribution in [3.63, 3.8) is 0 Å². The van der Waals surface area contributed by atoms with Crippen molar-refractivity contribution in [2.24, 2.45) is 0 Å². The monoisotopic (exact) mass is 257 g/mol. The van der Waals surface area contributed by atoms with Gasteiger partial charge in [0.05, 0.1) is 29.1 Å². The number of rotatable bonds is 1. The van der Waals surface area contributed by atoms with E-state index in [0.717, 1.165) is 24.4 Å². The van der Waals surface area contributed by atoms with Crippen LogP contribution in [0.2, 0.25) is 0 Å². The summed E-state index contributed by atoms with van der Waals surface area (Å²) in [5.41, 5.74) is 2.16. The third-order valence-electron chi connectivity index (χ3n) is 2.43. The SMILES string of the molecule is CC(Br)C(=O)N1CCc2nc[nH]c2C1. The molecule has 1 amide bonds. The Labute approximate surface area is 90.8 Å². The fourth-order valence-electron chi connectivity index (χ4n) is 1.65. The minimum atomic E-state index is -0.105. The molecule has 0 saturated heterocycles. The number of halogens is 1. The second kappa shape index (κ2) is 3.73. The Balaban J connectivity index is 2.11. The molecule has 1 N–H and O–H groups in total. The van der Waals surface area contributed by atoms with E-state index in [-0.39, 0.29) is 10.7 Å². The number of carbonyl (C=O) groups is 1. The average molecular weight is 258 g/mol. The number of amides is 1. The first kappa shape index (κ1) is 9.71. The normalized spacial score (nSPS) is 17.7. The van der Waals surface area contributed by atoms with Gasteiger partial charge >= 0.3 is 0 Å². The number of hydrogen-bond donors (Lipinski definition) is 1. The van der Waals surface area contributed by atoms with Crippen LogP contribution in [-0.2, 0) is 17.8 Å². The van der Waals surface area contributed by atoms with E-state index < -0.39 is 0 Å². The molecule has 2 heterocycles. The minimum absolute atomic E-state index is 0.105. The van der Waals surface area contributed by atoms with Gasteiger partial charge in [0.1, 0.15) is 0 Å². The minimum Gasteiger partial charge on any atom is -0.347 e. The maximum atomic E-state index is 11.7. The topological polar surface area (TPSA) is 49.0 Å². The summed E-state index contributed by atoms with van der Waals surface area (Å²) >= 11 is 3.29. The van der Waals surface area contributed by atoms with E-state index in [0.29, 0.717) is 6.54 Å². The molecule has 1 unspecified atom stereocenters. The van der Waals surface area contributed by atoms with Crippen molar-refractivity contribution >= 4 is 21.8 Å². The van der Waals surface area contributed by atoms with Gasteiger partial charge in [-0.15, -0.1) is 0 Å². The fourth-order valence-corrected chi connectivity index (χ4v) is 1.94. The number of imidazole rings is 1. The van der Waals surface area contributed by atoms with Crippen LogP contribution in [0.4, 0.5) is 0 Å². The highest BCUT2D eigenvalue weighted by molar-refractivity contribution is 9.10. The Hall–Kier alpha value is -0.840. The first-order valence-electron chi connectivity index (χ1n) is 4.62. The Bertz CT molecular complexity index is 348. The number of nitrogens with zero attached hydrogens (tertiary/aromatic N) is 2. The summed E-state index contributed by atoms with van der Waals surface area (Å²) in [6.45, 7) is 3.28. The third kappa shape index (κ3) is 1.68. The zero-order valence-corrected chi connectivity index (χ0v) is 9.54. The molecule has 0 aromatic carbocycles. The van der Waals surface area contributed by atoms with Crippen LogP contribution in [0.15, 0.2) is 6.33 Å². The smallest absolute Gasteiger partial charge is 0.236 e. The van der Waals surface area contributed by atoms with Crippen LogP contribution in [0.3, 0.4) is 0 Å². The molecule has 1 aliphatic rings. The van der Waals surface area contributed by atoms with Crippen molar-refractivity contribution in [3.8, 4) is 0 Å². The van der Waals surface area contributed by atoms with E-state index >= 15 is 0 Å². The number of fused-ring (bicyclic) bond motifs is 1. The summed E-state index contributed by atoms with van der Waals surface area (Å²) in [6.07, 6.45) is 2.54.